The van der Waals surface area contributed by atoms with Gasteiger partial charge in [0.15, 0.2) is 0 Å². The van der Waals surface area contributed by atoms with Crippen molar-refractivity contribution in [1.82, 2.24) is 20.2 Å². The number of aromatic nitrogens is 4. The van der Waals surface area contributed by atoms with Crippen molar-refractivity contribution in [3.8, 4) is 0 Å². The van der Waals surface area contributed by atoms with E-state index in [1.54, 1.807) is 9.58 Å². The van der Waals surface area contributed by atoms with Crippen LogP contribution in [0.25, 0.3) is 5.70 Å². The van der Waals surface area contributed by atoms with Gasteiger partial charge >= 0.3 is 0 Å². The van der Waals surface area contributed by atoms with Crippen LogP contribution in [0.15, 0.2) is 84.9 Å². The van der Waals surface area contributed by atoms with Crippen LogP contribution in [0.4, 0.5) is 16.0 Å². The molecule has 0 saturated carbocycles. The number of allylic oxidation sites excluding steroid dienone is 1. The Morgan fingerprint density at radius 2 is 1.73 bits per heavy atom. The summed E-state index contributed by atoms with van der Waals surface area (Å²) in [5, 5.41) is 15.7. The van der Waals surface area contributed by atoms with Crippen LogP contribution in [0.3, 0.4) is 0 Å². The zero-order valence-corrected chi connectivity index (χ0v) is 18.0. The average molecular weight is 461 g/mol. The van der Waals surface area contributed by atoms with Gasteiger partial charge in [-0.3, -0.25) is 9.69 Å². The number of nitrogens with one attached hydrogen (secondary N) is 1. The quantitative estimate of drug-likeness (QED) is 0.472. The minimum Gasteiger partial charge on any atom is -0.325 e. The first-order valence-electron chi connectivity index (χ1n) is 10.2. The van der Waals surface area contributed by atoms with E-state index in [1.165, 1.54) is 24.3 Å². The molecule has 1 atom stereocenters. The van der Waals surface area contributed by atoms with Gasteiger partial charge < -0.3 is 5.32 Å². The van der Waals surface area contributed by atoms with Crippen molar-refractivity contribution in [2.45, 2.75) is 6.04 Å². The zero-order valence-electron chi connectivity index (χ0n) is 17.3. The van der Waals surface area contributed by atoms with E-state index in [-0.39, 0.29) is 24.3 Å². The van der Waals surface area contributed by atoms with Gasteiger partial charge in [-0.05, 0) is 64.0 Å². The summed E-state index contributed by atoms with van der Waals surface area (Å²) in [5.41, 5.74) is 3.17. The summed E-state index contributed by atoms with van der Waals surface area (Å²) in [6.45, 7) is -0.0359. The van der Waals surface area contributed by atoms with Crippen molar-refractivity contribution in [1.29, 1.82) is 0 Å². The molecule has 0 spiro atoms. The van der Waals surface area contributed by atoms with E-state index in [4.69, 9.17) is 11.6 Å². The highest BCUT2D eigenvalue weighted by atomic mass is 35.5. The van der Waals surface area contributed by atoms with Crippen LogP contribution < -0.4 is 10.2 Å². The van der Waals surface area contributed by atoms with Gasteiger partial charge in [0.1, 0.15) is 18.4 Å². The molecule has 0 bridgehead atoms. The van der Waals surface area contributed by atoms with Crippen LogP contribution in [0.2, 0.25) is 5.02 Å². The lowest BCUT2D eigenvalue weighted by Gasteiger charge is -2.32. The minimum atomic E-state index is -0.370. The normalized spacial score (nSPS) is 15.0. The molecule has 1 aromatic heterocycles. The smallest absolute Gasteiger partial charge is 0.251 e. The maximum absolute atomic E-state index is 13.2. The molecule has 9 heteroatoms. The number of hydrogen-bond donors (Lipinski definition) is 1. The predicted octanol–water partition coefficient (Wildman–Crippen LogP) is 4.55. The molecule has 1 aliphatic rings. The summed E-state index contributed by atoms with van der Waals surface area (Å²) in [4.78, 5) is 14.7. The molecule has 33 heavy (non-hydrogen) atoms. The molecule has 164 valence electrons. The first kappa shape index (κ1) is 20.8. The summed E-state index contributed by atoms with van der Waals surface area (Å²) < 4.78 is 14.9. The van der Waals surface area contributed by atoms with Crippen LogP contribution in [0.1, 0.15) is 17.2 Å². The van der Waals surface area contributed by atoms with E-state index < -0.39 is 0 Å². The van der Waals surface area contributed by atoms with E-state index in [0.717, 1.165) is 16.8 Å². The summed E-state index contributed by atoms with van der Waals surface area (Å²) in [5.74, 6) is -0.223. The van der Waals surface area contributed by atoms with Gasteiger partial charge in [-0.25, -0.2) is 4.39 Å². The third-order valence-corrected chi connectivity index (χ3v) is 5.55. The van der Waals surface area contributed by atoms with Crippen molar-refractivity contribution in [3.05, 3.63) is 107 Å². The van der Waals surface area contributed by atoms with Crippen molar-refractivity contribution >= 4 is 34.8 Å². The second kappa shape index (κ2) is 8.84. The van der Waals surface area contributed by atoms with Crippen molar-refractivity contribution in [3.63, 3.8) is 0 Å². The van der Waals surface area contributed by atoms with Gasteiger partial charge in [-0.15, -0.1) is 0 Å². The van der Waals surface area contributed by atoms with Crippen LogP contribution >= 0.6 is 11.6 Å². The van der Waals surface area contributed by atoms with Gasteiger partial charge in [-0.2, -0.15) is 4.68 Å². The Kier molecular flexibility index (Phi) is 5.58. The molecule has 0 saturated heterocycles. The molecule has 7 nitrogen and oxygen atoms in total. The summed E-state index contributed by atoms with van der Waals surface area (Å²) in [6.07, 6.45) is 2.02. The average Bonchev–Trinajstić information content (AvgIpc) is 3.32. The number of nitrogens with zero attached hydrogens (tertiary/aromatic N) is 5. The standard InChI is InChI=1S/C24H18ClFN6O/c25-18-8-6-17(7-9-18)22-14-21(16-4-2-1-3-5-16)31(24-28-29-30-32(22)24)15-23(33)27-20-12-10-19(26)11-13-20/h1-14,22H,15H2,(H,27,33)/t22-/m1/s1. The molecule has 0 aliphatic carbocycles. The van der Waals surface area contributed by atoms with Crippen LogP contribution in [-0.2, 0) is 4.79 Å². The third-order valence-electron chi connectivity index (χ3n) is 5.30. The number of halogens is 2. The Bertz CT molecular complexity index is 1310. The molecule has 1 amide bonds. The number of anilines is 2. The van der Waals surface area contributed by atoms with Gasteiger partial charge in [0, 0.05) is 10.7 Å². The zero-order chi connectivity index (χ0) is 22.8. The summed E-state index contributed by atoms with van der Waals surface area (Å²) in [7, 11) is 0. The highest BCUT2D eigenvalue weighted by Gasteiger charge is 2.31. The first-order chi connectivity index (χ1) is 16.1. The number of hydrogen-bond acceptors (Lipinski definition) is 5. The van der Waals surface area contributed by atoms with Gasteiger partial charge in [0.05, 0.1) is 5.70 Å². The largest absolute Gasteiger partial charge is 0.325 e. The highest BCUT2D eigenvalue weighted by Crippen LogP contribution is 2.36. The van der Waals surface area contributed by atoms with Crippen LogP contribution in [0.5, 0.6) is 0 Å². The SMILES string of the molecule is O=C(CN1C(c2ccccc2)=C[C@H](c2ccc(Cl)cc2)n2nnnc21)Nc1ccc(F)cc1. The Labute approximate surface area is 194 Å². The monoisotopic (exact) mass is 460 g/mol. The maximum atomic E-state index is 13.2. The second-order valence-electron chi connectivity index (χ2n) is 7.48. The fourth-order valence-corrected chi connectivity index (χ4v) is 3.88. The molecule has 0 radical (unpaired) electrons. The van der Waals surface area contributed by atoms with Crippen molar-refractivity contribution < 1.29 is 9.18 Å². The Hall–Kier alpha value is -4.04. The number of amides is 1. The first-order valence-corrected chi connectivity index (χ1v) is 10.6. The lowest BCUT2D eigenvalue weighted by molar-refractivity contribution is -0.114. The Balaban J connectivity index is 1.52. The molecule has 0 fully saturated rings. The minimum absolute atomic E-state index is 0.0359. The Morgan fingerprint density at radius 1 is 1.00 bits per heavy atom. The number of carbonyl (C=O) groups excluding carboxylic acids is 1. The third kappa shape index (κ3) is 4.33. The fourth-order valence-electron chi connectivity index (χ4n) is 3.76. The topological polar surface area (TPSA) is 75.9 Å². The maximum Gasteiger partial charge on any atom is 0.251 e. The Morgan fingerprint density at radius 3 is 2.45 bits per heavy atom. The molecule has 2 heterocycles. The number of fused-ring (bicyclic) bond motifs is 1. The lowest BCUT2D eigenvalue weighted by atomic mass is 10.0. The highest BCUT2D eigenvalue weighted by molar-refractivity contribution is 6.30. The van der Waals surface area contributed by atoms with E-state index in [1.807, 2.05) is 60.7 Å². The molecule has 1 N–H and O–H groups in total. The summed E-state index contributed by atoms with van der Waals surface area (Å²) >= 11 is 6.07. The van der Waals surface area contributed by atoms with E-state index in [2.05, 4.69) is 20.8 Å². The van der Waals surface area contributed by atoms with E-state index in [9.17, 15) is 9.18 Å². The van der Waals surface area contributed by atoms with Crippen LogP contribution in [-0.4, -0.2) is 32.7 Å². The molecular weight excluding hydrogens is 443 g/mol. The van der Waals surface area contributed by atoms with Gasteiger partial charge in [-0.1, -0.05) is 59.2 Å². The number of tetrazole rings is 1. The molecule has 3 aromatic carbocycles. The van der Waals surface area contributed by atoms with E-state index >= 15 is 0 Å². The lowest BCUT2D eigenvalue weighted by Crippen LogP contribution is -2.37. The molecule has 0 unspecified atom stereocenters. The number of rotatable bonds is 5. The van der Waals surface area contributed by atoms with Crippen molar-refractivity contribution in [2.75, 3.05) is 16.8 Å². The second-order valence-corrected chi connectivity index (χ2v) is 7.92. The molecule has 5 rings (SSSR count). The molecule has 4 aromatic rings. The number of carbonyl (C=O) groups is 1. The summed E-state index contributed by atoms with van der Waals surface area (Å²) in [6, 6.07) is 22.6. The van der Waals surface area contributed by atoms with Crippen molar-refractivity contribution in [2.24, 2.45) is 0 Å². The molecule has 1 aliphatic heterocycles. The molecular formula is C24H18ClFN6O. The van der Waals surface area contributed by atoms with Gasteiger partial charge in [0.25, 0.3) is 5.95 Å². The van der Waals surface area contributed by atoms with E-state index in [0.29, 0.717) is 16.7 Å². The number of benzene rings is 3. The predicted molar refractivity (Wildman–Crippen MR) is 124 cm³/mol. The van der Waals surface area contributed by atoms with Gasteiger partial charge in [0.2, 0.25) is 5.91 Å². The fraction of sp³-hybridized carbons (Fsp3) is 0.0833. The van der Waals surface area contributed by atoms with Crippen LogP contribution in [0, 0.1) is 5.82 Å².